The summed E-state index contributed by atoms with van der Waals surface area (Å²) in [6, 6.07) is 17.2. The van der Waals surface area contributed by atoms with Crippen LogP contribution in [0.15, 0.2) is 60.7 Å². The molecule has 0 spiro atoms. The van der Waals surface area contributed by atoms with E-state index in [4.69, 9.17) is 21.1 Å². The molecule has 0 saturated heterocycles. The molecule has 200 valence electrons. The van der Waals surface area contributed by atoms with Crippen molar-refractivity contribution in [1.29, 1.82) is 0 Å². The van der Waals surface area contributed by atoms with Crippen molar-refractivity contribution < 1.29 is 19.2 Å². The third-order valence-corrected chi connectivity index (χ3v) is 7.01. The maximum Gasteiger partial charge on any atom is 0.276 e. The SMILES string of the molecule is O=C(CCc1ccc(Oc2cc(Oc3ccc(Cl)cc3C3CCCCC3)cc([N+](=O)[O-])c2)cc1)NCCS. The number of ether oxygens (including phenoxy) is 2. The lowest BCUT2D eigenvalue weighted by Crippen LogP contribution is -2.25. The van der Waals surface area contributed by atoms with Crippen molar-refractivity contribution in [3.63, 3.8) is 0 Å². The highest BCUT2D eigenvalue weighted by molar-refractivity contribution is 7.80. The lowest BCUT2D eigenvalue weighted by molar-refractivity contribution is -0.385. The van der Waals surface area contributed by atoms with E-state index in [1.165, 1.54) is 18.6 Å². The smallest absolute Gasteiger partial charge is 0.276 e. The lowest BCUT2D eigenvalue weighted by atomic mass is 9.84. The summed E-state index contributed by atoms with van der Waals surface area (Å²) in [5.74, 6) is 2.71. The minimum atomic E-state index is -0.467. The maximum atomic E-state index is 11.8. The number of aryl methyl sites for hydroxylation is 1. The zero-order valence-corrected chi connectivity index (χ0v) is 22.7. The predicted octanol–water partition coefficient (Wildman–Crippen LogP) is 7.86. The summed E-state index contributed by atoms with van der Waals surface area (Å²) in [6.45, 7) is 0.545. The van der Waals surface area contributed by atoms with Gasteiger partial charge in [0.15, 0.2) is 0 Å². The molecule has 0 atom stereocenters. The molecule has 1 aliphatic rings. The summed E-state index contributed by atoms with van der Waals surface area (Å²) in [7, 11) is 0. The Bertz CT molecular complexity index is 1260. The number of thiol groups is 1. The molecule has 1 aliphatic carbocycles. The first kappa shape index (κ1) is 27.8. The highest BCUT2D eigenvalue weighted by Gasteiger charge is 2.21. The van der Waals surface area contributed by atoms with Crippen LogP contribution >= 0.6 is 24.2 Å². The Balaban J connectivity index is 1.50. The van der Waals surface area contributed by atoms with Gasteiger partial charge in [0.25, 0.3) is 5.69 Å². The Morgan fingerprint density at radius 1 is 0.974 bits per heavy atom. The van der Waals surface area contributed by atoms with Crippen LogP contribution < -0.4 is 14.8 Å². The van der Waals surface area contributed by atoms with Crippen molar-refractivity contribution in [2.24, 2.45) is 0 Å². The minimum absolute atomic E-state index is 0.0177. The molecule has 3 aromatic rings. The van der Waals surface area contributed by atoms with Crippen LogP contribution in [0.25, 0.3) is 0 Å². The first-order valence-electron chi connectivity index (χ1n) is 12.8. The number of amides is 1. The third kappa shape index (κ3) is 7.88. The Kier molecular flexibility index (Phi) is 9.90. The molecular formula is C29H31ClN2O5S. The summed E-state index contributed by atoms with van der Waals surface area (Å²) < 4.78 is 12.2. The highest BCUT2D eigenvalue weighted by atomic mass is 35.5. The molecule has 7 nitrogen and oxygen atoms in total. The molecule has 1 N–H and O–H groups in total. The third-order valence-electron chi connectivity index (χ3n) is 6.55. The topological polar surface area (TPSA) is 90.7 Å². The zero-order chi connectivity index (χ0) is 26.9. The van der Waals surface area contributed by atoms with Gasteiger partial charge in [0.1, 0.15) is 23.0 Å². The van der Waals surface area contributed by atoms with Gasteiger partial charge in [0.2, 0.25) is 5.91 Å². The van der Waals surface area contributed by atoms with Gasteiger partial charge in [-0.15, -0.1) is 0 Å². The number of carbonyl (C=O) groups excluding carboxylic acids is 1. The van der Waals surface area contributed by atoms with Crippen LogP contribution in [0.2, 0.25) is 5.02 Å². The van der Waals surface area contributed by atoms with Crippen molar-refractivity contribution in [2.75, 3.05) is 12.3 Å². The average Bonchev–Trinajstić information content (AvgIpc) is 2.93. The van der Waals surface area contributed by atoms with Crippen LogP contribution in [0.1, 0.15) is 55.6 Å². The standard InChI is InChI=1S/C29H31ClN2O5S/c30-22-9-12-28(27(16-22)21-4-2-1-3-5-21)37-26-18-23(32(34)35)17-25(19-26)36-24-10-6-20(7-11-24)8-13-29(33)31-14-15-38/h6-7,9-12,16-19,21,38H,1-5,8,13-15H2,(H,31,33). The Morgan fingerprint density at radius 2 is 1.68 bits per heavy atom. The normalized spacial score (nSPS) is 13.6. The largest absolute Gasteiger partial charge is 0.457 e. The van der Waals surface area contributed by atoms with Gasteiger partial charge in [-0.05, 0) is 66.6 Å². The van der Waals surface area contributed by atoms with Crippen LogP contribution in [-0.4, -0.2) is 23.1 Å². The van der Waals surface area contributed by atoms with Gasteiger partial charge >= 0.3 is 0 Å². The fourth-order valence-electron chi connectivity index (χ4n) is 4.65. The first-order valence-corrected chi connectivity index (χ1v) is 13.8. The molecular weight excluding hydrogens is 524 g/mol. The van der Waals surface area contributed by atoms with Gasteiger partial charge in [-0.1, -0.05) is 43.0 Å². The molecule has 0 aliphatic heterocycles. The molecule has 9 heteroatoms. The summed E-state index contributed by atoms with van der Waals surface area (Å²) in [5.41, 5.74) is 1.88. The van der Waals surface area contributed by atoms with Gasteiger partial charge in [-0.25, -0.2) is 0 Å². The van der Waals surface area contributed by atoms with E-state index in [1.54, 1.807) is 24.3 Å². The van der Waals surface area contributed by atoms with Crippen molar-refractivity contribution in [3.05, 3.63) is 86.9 Å². The Labute approximate surface area is 233 Å². The fourth-order valence-corrected chi connectivity index (χ4v) is 4.95. The van der Waals surface area contributed by atoms with Crippen molar-refractivity contribution in [2.45, 2.75) is 50.9 Å². The van der Waals surface area contributed by atoms with Crippen LogP contribution in [0, 0.1) is 10.1 Å². The summed E-state index contributed by atoms with van der Waals surface area (Å²) in [5, 5.41) is 15.1. The average molecular weight is 555 g/mol. The molecule has 1 amide bonds. The highest BCUT2D eigenvalue weighted by Crippen LogP contribution is 2.41. The van der Waals surface area contributed by atoms with Crippen LogP contribution in [-0.2, 0) is 11.2 Å². The second kappa shape index (κ2) is 13.5. The number of rotatable bonds is 11. The quantitative estimate of drug-likeness (QED) is 0.143. The molecule has 0 radical (unpaired) electrons. The Morgan fingerprint density at radius 3 is 2.37 bits per heavy atom. The van der Waals surface area contributed by atoms with Crippen molar-refractivity contribution in [3.8, 4) is 23.0 Å². The first-order chi connectivity index (χ1) is 18.4. The second-order valence-electron chi connectivity index (χ2n) is 9.36. The Hall–Kier alpha value is -3.23. The number of non-ortho nitro benzene ring substituents is 1. The zero-order valence-electron chi connectivity index (χ0n) is 21.0. The van der Waals surface area contributed by atoms with Gasteiger partial charge in [0.05, 0.1) is 17.1 Å². The van der Waals surface area contributed by atoms with Gasteiger partial charge in [-0.3, -0.25) is 14.9 Å². The molecule has 1 saturated carbocycles. The number of hydrogen-bond acceptors (Lipinski definition) is 6. The molecule has 0 unspecified atom stereocenters. The van der Waals surface area contributed by atoms with E-state index in [1.807, 2.05) is 24.3 Å². The molecule has 1 fully saturated rings. The number of nitro benzene ring substituents is 1. The number of halogens is 1. The van der Waals surface area contributed by atoms with E-state index in [0.717, 1.165) is 36.8 Å². The van der Waals surface area contributed by atoms with Gasteiger partial charge < -0.3 is 14.8 Å². The van der Waals surface area contributed by atoms with Crippen LogP contribution in [0.5, 0.6) is 23.0 Å². The second-order valence-corrected chi connectivity index (χ2v) is 10.2. The molecule has 38 heavy (non-hydrogen) atoms. The fraction of sp³-hybridized carbons (Fsp3) is 0.345. The molecule has 0 heterocycles. The number of benzene rings is 3. The minimum Gasteiger partial charge on any atom is -0.457 e. The number of nitrogens with one attached hydrogen (secondary N) is 1. The summed E-state index contributed by atoms with van der Waals surface area (Å²) >= 11 is 10.4. The van der Waals surface area contributed by atoms with Crippen LogP contribution in [0.3, 0.4) is 0 Å². The van der Waals surface area contributed by atoms with E-state index in [-0.39, 0.29) is 11.6 Å². The van der Waals surface area contributed by atoms with Gasteiger partial charge in [-0.2, -0.15) is 12.6 Å². The monoisotopic (exact) mass is 554 g/mol. The van der Waals surface area contributed by atoms with E-state index >= 15 is 0 Å². The molecule has 0 bridgehead atoms. The van der Waals surface area contributed by atoms with E-state index in [0.29, 0.717) is 59.1 Å². The molecule has 4 rings (SSSR count). The van der Waals surface area contributed by atoms with Crippen LogP contribution in [0.4, 0.5) is 5.69 Å². The van der Waals surface area contributed by atoms with Crippen molar-refractivity contribution in [1.82, 2.24) is 5.32 Å². The molecule has 0 aromatic heterocycles. The van der Waals surface area contributed by atoms with Crippen molar-refractivity contribution >= 4 is 35.8 Å². The maximum absolute atomic E-state index is 11.8. The van der Waals surface area contributed by atoms with E-state index < -0.39 is 4.92 Å². The van der Waals surface area contributed by atoms with E-state index in [2.05, 4.69) is 17.9 Å². The number of nitro groups is 1. The molecule has 3 aromatic carbocycles. The number of nitrogens with zero attached hydrogens (tertiary/aromatic N) is 1. The predicted molar refractivity (Wildman–Crippen MR) is 152 cm³/mol. The summed E-state index contributed by atoms with van der Waals surface area (Å²) in [6.07, 6.45) is 6.66. The van der Waals surface area contributed by atoms with E-state index in [9.17, 15) is 14.9 Å². The number of hydrogen-bond donors (Lipinski definition) is 2. The number of carbonyl (C=O) groups is 1. The lowest BCUT2D eigenvalue weighted by Gasteiger charge is -2.24. The van der Waals surface area contributed by atoms with Gasteiger partial charge in [0, 0.05) is 29.8 Å². The summed E-state index contributed by atoms with van der Waals surface area (Å²) in [4.78, 5) is 23.0.